The zero-order valence-electron chi connectivity index (χ0n) is 19.8. The van der Waals surface area contributed by atoms with Gasteiger partial charge in [-0.1, -0.05) is 52.0 Å². The molecule has 0 aromatic heterocycles. The lowest BCUT2D eigenvalue weighted by Gasteiger charge is -2.41. The molecule has 4 nitrogen and oxygen atoms in total. The van der Waals surface area contributed by atoms with Crippen molar-refractivity contribution in [1.82, 2.24) is 4.90 Å². The summed E-state index contributed by atoms with van der Waals surface area (Å²) in [6, 6.07) is 6.71. The van der Waals surface area contributed by atoms with E-state index in [1.54, 1.807) is 0 Å². The average Bonchev–Trinajstić information content (AvgIpc) is 2.96. The van der Waals surface area contributed by atoms with Gasteiger partial charge in [0, 0.05) is 19.0 Å². The zero-order chi connectivity index (χ0) is 22.0. The van der Waals surface area contributed by atoms with E-state index >= 15 is 0 Å². The van der Waals surface area contributed by atoms with Gasteiger partial charge in [-0.25, -0.2) is 4.79 Å². The van der Waals surface area contributed by atoms with Crippen LogP contribution in [0.2, 0.25) is 0 Å². The summed E-state index contributed by atoms with van der Waals surface area (Å²) in [5, 5.41) is 11.1. The Hall–Kier alpha value is -1.55. The summed E-state index contributed by atoms with van der Waals surface area (Å²) < 4.78 is 5.55. The highest BCUT2D eigenvalue weighted by Gasteiger charge is 2.50. The van der Waals surface area contributed by atoms with Crippen molar-refractivity contribution in [3.63, 3.8) is 0 Å². The van der Waals surface area contributed by atoms with Crippen molar-refractivity contribution in [3.8, 4) is 0 Å². The lowest BCUT2D eigenvalue weighted by atomic mass is 9.72. The fourth-order valence-corrected chi connectivity index (χ4v) is 4.78. The summed E-state index contributed by atoms with van der Waals surface area (Å²) >= 11 is 0. The maximum atomic E-state index is 12.4. The van der Waals surface area contributed by atoms with Crippen LogP contribution in [-0.2, 0) is 10.2 Å². The van der Waals surface area contributed by atoms with Crippen molar-refractivity contribution in [3.05, 3.63) is 34.9 Å². The number of aliphatic hydroxyl groups is 1. The Morgan fingerprint density at radius 2 is 1.77 bits per heavy atom. The predicted molar refractivity (Wildman–Crippen MR) is 126 cm³/mol. The van der Waals surface area contributed by atoms with Crippen molar-refractivity contribution < 1.29 is 14.6 Å². The molecule has 1 heterocycles. The smallest absolute Gasteiger partial charge is 0.410 e. The number of aryl methyl sites for hydroxylation is 1. The van der Waals surface area contributed by atoms with Gasteiger partial charge in [0.2, 0.25) is 0 Å². The summed E-state index contributed by atoms with van der Waals surface area (Å²) in [6.45, 7) is 17.3. The minimum Gasteiger partial charge on any atom is -0.444 e. The number of amides is 1. The van der Waals surface area contributed by atoms with Crippen molar-refractivity contribution in [1.29, 1.82) is 0 Å². The van der Waals surface area contributed by atoms with Crippen LogP contribution in [0.1, 0.15) is 104 Å². The highest BCUT2D eigenvalue weighted by molar-refractivity contribution is 5.68. The second-order valence-electron chi connectivity index (χ2n) is 9.81. The lowest BCUT2D eigenvalue weighted by molar-refractivity contribution is 0.00674. The Morgan fingerprint density at radius 1 is 1.20 bits per heavy atom. The Morgan fingerprint density at radius 3 is 2.27 bits per heavy atom. The SMILES string of the molecule is C.CC.CCC(C)(O)C1CC2(CCN(C(=O)OC(C)(C)C)CC2)c2ccc(C)cc21. The maximum Gasteiger partial charge on any atom is 0.410 e. The minimum atomic E-state index is -0.700. The molecule has 0 saturated carbocycles. The Balaban J connectivity index is 0.00000146. The van der Waals surface area contributed by atoms with Crippen molar-refractivity contribution in [2.75, 3.05) is 13.1 Å². The van der Waals surface area contributed by atoms with Gasteiger partial charge in [-0.15, -0.1) is 0 Å². The number of benzene rings is 1. The number of ether oxygens (including phenoxy) is 1. The van der Waals surface area contributed by atoms with Gasteiger partial charge in [0.05, 0.1) is 5.60 Å². The molecule has 1 saturated heterocycles. The summed E-state index contributed by atoms with van der Waals surface area (Å²) in [6.07, 6.45) is 3.36. The van der Waals surface area contributed by atoms with Gasteiger partial charge in [-0.2, -0.15) is 0 Å². The molecule has 1 spiro atoms. The molecule has 1 aromatic carbocycles. The maximum absolute atomic E-state index is 12.4. The number of likely N-dealkylation sites (tertiary alicyclic amines) is 1. The van der Waals surface area contributed by atoms with Gasteiger partial charge in [0.1, 0.15) is 5.60 Å². The highest BCUT2D eigenvalue weighted by atomic mass is 16.6. The summed E-state index contributed by atoms with van der Waals surface area (Å²) in [4.78, 5) is 14.3. The van der Waals surface area contributed by atoms with E-state index < -0.39 is 11.2 Å². The minimum absolute atomic E-state index is 0. The van der Waals surface area contributed by atoms with E-state index in [1.165, 1.54) is 16.7 Å². The Bertz CT molecular complexity index is 709. The van der Waals surface area contributed by atoms with E-state index in [-0.39, 0.29) is 24.9 Å². The van der Waals surface area contributed by atoms with E-state index in [9.17, 15) is 9.90 Å². The summed E-state index contributed by atoms with van der Waals surface area (Å²) in [5.41, 5.74) is 2.84. The third kappa shape index (κ3) is 5.38. The molecule has 30 heavy (non-hydrogen) atoms. The molecule has 0 radical (unpaired) electrons. The van der Waals surface area contributed by atoms with Crippen LogP contribution in [0, 0.1) is 6.92 Å². The molecule has 1 aliphatic heterocycles. The first-order valence-electron chi connectivity index (χ1n) is 11.3. The third-order valence-corrected chi connectivity index (χ3v) is 6.59. The van der Waals surface area contributed by atoms with Gasteiger partial charge < -0.3 is 14.7 Å². The fraction of sp³-hybridized carbons (Fsp3) is 0.731. The number of carbonyl (C=O) groups excluding carboxylic acids is 1. The van der Waals surface area contributed by atoms with E-state index in [2.05, 4.69) is 32.0 Å². The fourth-order valence-electron chi connectivity index (χ4n) is 4.78. The first-order chi connectivity index (χ1) is 13.5. The molecule has 2 atom stereocenters. The predicted octanol–water partition coefficient (Wildman–Crippen LogP) is 6.57. The average molecular weight is 420 g/mol. The first kappa shape index (κ1) is 26.5. The molecule has 1 amide bonds. The van der Waals surface area contributed by atoms with Crippen molar-refractivity contribution in [2.24, 2.45) is 0 Å². The second kappa shape index (κ2) is 9.72. The van der Waals surface area contributed by atoms with Crippen LogP contribution in [0.4, 0.5) is 4.79 Å². The van der Waals surface area contributed by atoms with Crippen LogP contribution in [0.25, 0.3) is 0 Å². The number of hydrogen-bond acceptors (Lipinski definition) is 3. The standard InChI is InChI=1S/C23H35NO3.C2H6.CH4/c1-7-22(6,26)19-15-23(18-9-8-16(2)14-17(18)19)10-12-24(13-11-23)20(25)27-21(3,4)5;1-2;/h8-9,14,19,26H,7,10-13,15H2,1-6H3;1-2H3;1H4. The quantitative estimate of drug-likeness (QED) is 0.589. The number of piperidine rings is 1. The first-order valence-corrected chi connectivity index (χ1v) is 11.3. The third-order valence-electron chi connectivity index (χ3n) is 6.59. The van der Waals surface area contributed by atoms with Crippen molar-refractivity contribution in [2.45, 2.75) is 111 Å². The van der Waals surface area contributed by atoms with Gasteiger partial charge in [-0.3, -0.25) is 0 Å². The van der Waals surface area contributed by atoms with Crippen LogP contribution in [0.3, 0.4) is 0 Å². The highest BCUT2D eigenvalue weighted by Crippen LogP contribution is 2.55. The molecule has 1 N–H and O–H groups in total. The number of fused-ring (bicyclic) bond motifs is 2. The van der Waals surface area contributed by atoms with Gasteiger partial charge in [0.25, 0.3) is 0 Å². The zero-order valence-corrected chi connectivity index (χ0v) is 19.8. The molecule has 2 aliphatic rings. The van der Waals surface area contributed by atoms with Crippen LogP contribution < -0.4 is 0 Å². The molecule has 4 heteroatoms. The molecule has 1 aromatic rings. The van der Waals surface area contributed by atoms with Crippen molar-refractivity contribution >= 4 is 6.09 Å². The van der Waals surface area contributed by atoms with Gasteiger partial charge in [-0.05, 0) is 76.8 Å². The Labute approximate surface area is 185 Å². The number of carbonyl (C=O) groups is 1. The molecule has 1 fully saturated rings. The van der Waals surface area contributed by atoms with Crippen LogP contribution in [-0.4, -0.2) is 40.4 Å². The molecule has 172 valence electrons. The molecular formula is C26H45NO3. The number of nitrogens with zero attached hydrogens (tertiary/aromatic N) is 1. The van der Waals surface area contributed by atoms with Gasteiger partial charge >= 0.3 is 6.09 Å². The van der Waals surface area contributed by atoms with Crippen LogP contribution in [0.5, 0.6) is 0 Å². The largest absolute Gasteiger partial charge is 0.444 e. The number of rotatable bonds is 2. The Kier molecular flexibility index (Phi) is 8.58. The second-order valence-corrected chi connectivity index (χ2v) is 9.81. The lowest BCUT2D eigenvalue weighted by Crippen LogP contribution is -2.46. The topological polar surface area (TPSA) is 49.8 Å². The summed E-state index contributed by atoms with van der Waals surface area (Å²) in [5.74, 6) is 0.158. The molecule has 1 aliphatic carbocycles. The summed E-state index contributed by atoms with van der Waals surface area (Å²) in [7, 11) is 0. The normalized spacial score (nSPS) is 21.6. The van der Waals surface area contributed by atoms with Gasteiger partial charge in [0.15, 0.2) is 0 Å². The van der Waals surface area contributed by atoms with Crippen LogP contribution in [0.15, 0.2) is 18.2 Å². The van der Waals surface area contributed by atoms with E-state index in [1.807, 2.05) is 46.4 Å². The molecule has 2 unspecified atom stereocenters. The van der Waals surface area contributed by atoms with Crippen LogP contribution >= 0.6 is 0 Å². The number of hydrogen-bond donors (Lipinski definition) is 1. The van der Waals surface area contributed by atoms with E-state index in [0.29, 0.717) is 13.1 Å². The van der Waals surface area contributed by atoms with E-state index in [0.717, 1.165) is 25.7 Å². The van der Waals surface area contributed by atoms with E-state index in [4.69, 9.17) is 4.74 Å². The molecular weight excluding hydrogens is 374 g/mol. The monoisotopic (exact) mass is 419 g/mol. The molecule has 3 rings (SSSR count). The molecule has 0 bridgehead atoms.